The van der Waals surface area contributed by atoms with Gasteiger partial charge in [-0.1, -0.05) is 5.21 Å². The Morgan fingerprint density at radius 3 is 2.50 bits per heavy atom. The summed E-state index contributed by atoms with van der Waals surface area (Å²) in [6.45, 7) is 9.27. The number of pyridine rings is 2. The monoisotopic (exact) mass is 513 g/mol. The molecule has 38 heavy (non-hydrogen) atoms. The summed E-state index contributed by atoms with van der Waals surface area (Å²) in [5, 5.41) is 24.7. The van der Waals surface area contributed by atoms with Crippen LogP contribution in [0.5, 0.6) is 0 Å². The van der Waals surface area contributed by atoms with E-state index in [0.29, 0.717) is 11.6 Å². The number of hydrogen-bond donors (Lipinski definition) is 1. The third-order valence-electron chi connectivity index (χ3n) is 8.29. The highest BCUT2D eigenvalue weighted by atomic mass is 16.5. The van der Waals surface area contributed by atoms with E-state index in [1.807, 2.05) is 58.1 Å². The molecular formula is C29H35N7O2. The topological polar surface area (TPSA) is 104 Å². The normalized spacial score (nSPS) is 18.4. The van der Waals surface area contributed by atoms with Gasteiger partial charge in [0, 0.05) is 62.9 Å². The first-order valence-corrected chi connectivity index (χ1v) is 13.3. The molecule has 0 aromatic carbocycles. The van der Waals surface area contributed by atoms with Gasteiger partial charge in [0.1, 0.15) is 5.60 Å². The number of fused-ring (bicyclic) bond motifs is 3. The average Bonchev–Trinajstić information content (AvgIpc) is 3.52. The standard InChI is InChI=1S/C29H35N7O2/c1-16-7-10-30-15-21(16)22(18-8-11-38-12-9-18)23-20-13-19(26-17(2)32-34-36(26)6)14-31-25(20)27-24(23)28(29(3,4)37)33-35(27)5/h7,10,13-15,18,22-23,37H,8-9,11-12H2,1-6H3. The van der Waals surface area contributed by atoms with Crippen LogP contribution >= 0.6 is 0 Å². The summed E-state index contributed by atoms with van der Waals surface area (Å²) >= 11 is 0. The first-order valence-electron chi connectivity index (χ1n) is 13.3. The lowest BCUT2D eigenvalue weighted by molar-refractivity contribution is 0.0546. The molecule has 2 unspecified atom stereocenters. The first-order chi connectivity index (χ1) is 18.2. The summed E-state index contributed by atoms with van der Waals surface area (Å²) in [6.07, 6.45) is 7.73. The van der Waals surface area contributed by atoms with Crippen LogP contribution < -0.4 is 0 Å². The van der Waals surface area contributed by atoms with E-state index in [1.165, 1.54) is 11.1 Å². The Hall–Kier alpha value is -3.43. The van der Waals surface area contributed by atoms with E-state index < -0.39 is 5.60 Å². The maximum atomic E-state index is 11.3. The Morgan fingerprint density at radius 1 is 1.08 bits per heavy atom. The fourth-order valence-corrected chi connectivity index (χ4v) is 6.60. The van der Waals surface area contributed by atoms with Gasteiger partial charge in [-0.25, -0.2) is 4.68 Å². The highest BCUT2D eigenvalue weighted by molar-refractivity contribution is 5.78. The molecule has 6 rings (SSSR count). The van der Waals surface area contributed by atoms with Gasteiger partial charge in [0.05, 0.1) is 28.5 Å². The lowest BCUT2D eigenvalue weighted by atomic mass is 9.69. The molecule has 0 saturated carbocycles. The van der Waals surface area contributed by atoms with Gasteiger partial charge in [0.2, 0.25) is 0 Å². The number of ether oxygens (including phenoxy) is 1. The second-order valence-corrected chi connectivity index (χ2v) is 11.3. The van der Waals surface area contributed by atoms with Crippen LogP contribution in [-0.4, -0.2) is 53.1 Å². The summed E-state index contributed by atoms with van der Waals surface area (Å²) in [6, 6.07) is 4.35. The second kappa shape index (κ2) is 9.10. The molecule has 9 heteroatoms. The summed E-state index contributed by atoms with van der Waals surface area (Å²) in [4.78, 5) is 9.60. The molecule has 1 aliphatic carbocycles. The highest BCUT2D eigenvalue weighted by Gasteiger charge is 2.46. The summed E-state index contributed by atoms with van der Waals surface area (Å²) < 4.78 is 9.49. The zero-order valence-electron chi connectivity index (χ0n) is 22.9. The van der Waals surface area contributed by atoms with E-state index in [2.05, 4.69) is 34.4 Å². The lowest BCUT2D eigenvalue weighted by Gasteiger charge is -2.36. The van der Waals surface area contributed by atoms with E-state index in [4.69, 9.17) is 14.8 Å². The zero-order chi connectivity index (χ0) is 26.8. The van der Waals surface area contributed by atoms with Gasteiger partial charge in [-0.05, 0) is 81.2 Å². The van der Waals surface area contributed by atoms with Gasteiger partial charge in [0.25, 0.3) is 0 Å². The van der Waals surface area contributed by atoms with Crippen LogP contribution in [0.15, 0.2) is 30.7 Å². The summed E-state index contributed by atoms with van der Waals surface area (Å²) in [7, 11) is 3.86. The molecule has 2 aliphatic rings. The number of aryl methyl sites for hydroxylation is 4. The number of aromatic nitrogens is 7. The Balaban J connectivity index is 1.64. The fraction of sp³-hybridized carbons (Fsp3) is 0.483. The van der Waals surface area contributed by atoms with E-state index in [-0.39, 0.29) is 11.8 Å². The van der Waals surface area contributed by atoms with Gasteiger partial charge < -0.3 is 9.84 Å². The molecule has 2 atom stereocenters. The molecule has 1 N–H and O–H groups in total. The molecule has 0 radical (unpaired) electrons. The predicted octanol–water partition coefficient (Wildman–Crippen LogP) is 4.17. The molecule has 0 amide bonds. The van der Waals surface area contributed by atoms with Gasteiger partial charge in [-0.2, -0.15) is 5.10 Å². The molecule has 4 aromatic heterocycles. The van der Waals surface area contributed by atoms with Crippen molar-refractivity contribution >= 4 is 0 Å². The predicted molar refractivity (Wildman–Crippen MR) is 144 cm³/mol. The Morgan fingerprint density at radius 2 is 1.84 bits per heavy atom. The molecular weight excluding hydrogens is 478 g/mol. The Labute approximate surface area is 222 Å². The number of hydrogen-bond acceptors (Lipinski definition) is 7. The van der Waals surface area contributed by atoms with E-state index >= 15 is 0 Å². The SMILES string of the molecule is Cc1ccncc1C(C1CCOCC1)C1c2cc(-c3c(C)nnn3C)cnc2-c2c1c(C(C)(C)O)nn2C. The van der Waals surface area contributed by atoms with Crippen molar-refractivity contribution in [2.45, 2.75) is 58.0 Å². The van der Waals surface area contributed by atoms with Crippen molar-refractivity contribution in [3.05, 3.63) is 64.4 Å². The van der Waals surface area contributed by atoms with Crippen molar-refractivity contribution in [2.75, 3.05) is 13.2 Å². The number of nitrogens with zero attached hydrogens (tertiary/aromatic N) is 7. The van der Waals surface area contributed by atoms with Crippen molar-refractivity contribution < 1.29 is 9.84 Å². The quantitative estimate of drug-likeness (QED) is 0.427. The van der Waals surface area contributed by atoms with Crippen molar-refractivity contribution in [3.63, 3.8) is 0 Å². The number of rotatable bonds is 5. The maximum Gasteiger partial charge on any atom is 0.103 e. The summed E-state index contributed by atoms with van der Waals surface area (Å²) in [5.41, 5.74) is 8.97. The second-order valence-electron chi connectivity index (χ2n) is 11.3. The van der Waals surface area contributed by atoms with Crippen molar-refractivity contribution in [1.29, 1.82) is 0 Å². The minimum Gasteiger partial charge on any atom is -0.384 e. The van der Waals surface area contributed by atoms with E-state index in [1.54, 1.807) is 4.68 Å². The minimum absolute atomic E-state index is 0.0462. The number of aliphatic hydroxyl groups is 1. The molecule has 198 valence electrons. The van der Waals surface area contributed by atoms with Gasteiger partial charge in [0.15, 0.2) is 0 Å². The minimum atomic E-state index is -1.11. The van der Waals surface area contributed by atoms with Gasteiger partial charge in [-0.3, -0.25) is 14.6 Å². The Kier molecular flexibility index (Phi) is 5.96. The van der Waals surface area contributed by atoms with Crippen LogP contribution in [0, 0.1) is 19.8 Å². The summed E-state index contributed by atoms with van der Waals surface area (Å²) in [5.74, 6) is 0.463. The maximum absolute atomic E-state index is 11.3. The molecule has 5 heterocycles. The molecule has 0 spiro atoms. The van der Waals surface area contributed by atoms with Crippen molar-refractivity contribution in [2.24, 2.45) is 20.0 Å². The molecule has 0 bridgehead atoms. The third kappa shape index (κ3) is 3.87. The smallest absolute Gasteiger partial charge is 0.103 e. The molecule has 1 fully saturated rings. The van der Waals surface area contributed by atoms with Crippen LogP contribution in [0.2, 0.25) is 0 Å². The van der Waals surface area contributed by atoms with Crippen LogP contribution in [0.1, 0.15) is 72.2 Å². The molecule has 1 saturated heterocycles. The molecule has 9 nitrogen and oxygen atoms in total. The van der Waals surface area contributed by atoms with Gasteiger partial charge >= 0.3 is 0 Å². The fourth-order valence-electron chi connectivity index (χ4n) is 6.60. The van der Waals surface area contributed by atoms with Crippen molar-refractivity contribution in [1.82, 2.24) is 34.7 Å². The highest BCUT2D eigenvalue weighted by Crippen LogP contribution is 2.56. The molecule has 4 aromatic rings. The van der Waals surface area contributed by atoms with Crippen LogP contribution in [0.25, 0.3) is 22.6 Å². The lowest BCUT2D eigenvalue weighted by Crippen LogP contribution is -2.28. The molecule has 1 aliphatic heterocycles. The van der Waals surface area contributed by atoms with Crippen molar-refractivity contribution in [3.8, 4) is 22.6 Å². The van der Waals surface area contributed by atoms with Crippen LogP contribution in [0.3, 0.4) is 0 Å². The average molecular weight is 514 g/mol. The largest absolute Gasteiger partial charge is 0.384 e. The van der Waals surface area contributed by atoms with Crippen LogP contribution in [0.4, 0.5) is 0 Å². The van der Waals surface area contributed by atoms with Gasteiger partial charge in [-0.15, -0.1) is 5.10 Å². The zero-order valence-corrected chi connectivity index (χ0v) is 22.9. The third-order valence-corrected chi connectivity index (χ3v) is 8.29. The van der Waals surface area contributed by atoms with Crippen LogP contribution in [-0.2, 0) is 24.4 Å². The van der Waals surface area contributed by atoms with E-state index in [9.17, 15) is 5.11 Å². The Bertz CT molecular complexity index is 1490. The van der Waals surface area contributed by atoms with E-state index in [0.717, 1.165) is 65.5 Å². The first kappa shape index (κ1) is 24.9.